The van der Waals surface area contributed by atoms with Gasteiger partial charge in [-0.25, -0.2) is 18.2 Å². The number of aromatic nitrogens is 2. The minimum atomic E-state index is -1.50. The molecule has 10 heteroatoms. The molecule has 2 aliphatic heterocycles. The average Bonchev–Trinajstić information content (AvgIpc) is 3.34. The quantitative estimate of drug-likeness (QED) is 0.550. The fraction of sp³-hybridized carbons (Fsp3) is 0.292. The van der Waals surface area contributed by atoms with Crippen LogP contribution < -0.4 is 19.9 Å². The van der Waals surface area contributed by atoms with Gasteiger partial charge in [0.15, 0.2) is 23.3 Å². The molecule has 0 unspecified atom stereocenters. The molecule has 1 saturated heterocycles. The molecule has 2 aromatic carbocycles. The number of hydrogen-bond acceptors (Lipinski definition) is 6. The van der Waals surface area contributed by atoms with Crippen LogP contribution in [0.4, 0.5) is 30.6 Å². The molecule has 1 atom stereocenters. The largest absolute Gasteiger partial charge is 0.489 e. The zero-order chi connectivity index (χ0) is 23.8. The lowest BCUT2D eigenvalue weighted by molar-refractivity contribution is -0.119. The van der Waals surface area contributed by atoms with Crippen LogP contribution >= 0.6 is 0 Å². The number of nitrogens with zero attached hydrogens (tertiary/aromatic N) is 4. The summed E-state index contributed by atoms with van der Waals surface area (Å²) in [5.41, 5.74) is 1.84. The lowest BCUT2D eigenvalue weighted by Gasteiger charge is -2.36. The normalized spacial score (nSPS) is 16.9. The number of likely N-dealkylation sites (N-methyl/N-ethyl adjacent to an activating group) is 1. The van der Waals surface area contributed by atoms with E-state index in [9.17, 15) is 18.0 Å². The van der Waals surface area contributed by atoms with E-state index in [4.69, 9.17) is 4.74 Å². The van der Waals surface area contributed by atoms with Gasteiger partial charge in [0.2, 0.25) is 11.9 Å². The van der Waals surface area contributed by atoms with Gasteiger partial charge in [-0.15, -0.1) is 0 Å². The maximum absolute atomic E-state index is 13.3. The molecule has 5 rings (SSSR count). The summed E-state index contributed by atoms with van der Waals surface area (Å²) in [7, 11) is 1.75. The molecule has 1 N–H and O–H groups in total. The van der Waals surface area contributed by atoms with Crippen LogP contribution in [0.2, 0.25) is 0 Å². The Hall–Kier alpha value is -3.82. The number of carbonyl (C=O) groups excluding carboxylic acids is 1. The lowest BCUT2D eigenvalue weighted by atomic mass is 10.1. The van der Waals surface area contributed by atoms with Gasteiger partial charge < -0.3 is 19.9 Å². The molecule has 176 valence electrons. The Morgan fingerprint density at radius 3 is 2.59 bits per heavy atom. The molecule has 3 heterocycles. The van der Waals surface area contributed by atoms with Crippen molar-refractivity contribution >= 4 is 23.4 Å². The average molecular weight is 469 g/mol. The van der Waals surface area contributed by atoms with E-state index in [-0.39, 0.29) is 24.1 Å². The van der Waals surface area contributed by atoms with Crippen LogP contribution in [0.5, 0.6) is 5.75 Å². The van der Waals surface area contributed by atoms with Crippen LogP contribution in [0.1, 0.15) is 24.0 Å². The van der Waals surface area contributed by atoms with Crippen LogP contribution in [-0.4, -0.2) is 35.5 Å². The van der Waals surface area contributed by atoms with Crippen LogP contribution in [0.15, 0.2) is 42.6 Å². The number of benzene rings is 2. The Morgan fingerprint density at radius 1 is 1.12 bits per heavy atom. The summed E-state index contributed by atoms with van der Waals surface area (Å²) in [4.78, 5) is 25.2. The second-order valence-corrected chi connectivity index (χ2v) is 8.31. The van der Waals surface area contributed by atoms with Crippen LogP contribution in [0.25, 0.3) is 0 Å². The maximum atomic E-state index is 13.3. The first-order chi connectivity index (χ1) is 16.4. The molecule has 7 nitrogen and oxygen atoms in total. The highest BCUT2D eigenvalue weighted by atomic mass is 19.2. The number of amides is 1. The summed E-state index contributed by atoms with van der Waals surface area (Å²) >= 11 is 0. The predicted molar refractivity (Wildman–Crippen MR) is 120 cm³/mol. The van der Waals surface area contributed by atoms with E-state index in [1.807, 2.05) is 12.1 Å². The Kier molecular flexibility index (Phi) is 5.72. The number of hydrogen-bond donors (Lipinski definition) is 1. The zero-order valence-corrected chi connectivity index (χ0v) is 18.4. The van der Waals surface area contributed by atoms with Crippen LogP contribution in [0, 0.1) is 17.5 Å². The van der Waals surface area contributed by atoms with Crippen molar-refractivity contribution in [3.63, 3.8) is 0 Å². The number of ether oxygens (including phenoxy) is 1. The second-order valence-electron chi connectivity index (χ2n) is 8.31. The molecule has 1 amide bonds. The molecule has 0 aliphatic carbocycles. The Bertz CT molecular complexity index is 1210. The first kappa shape index (κ1) is 22.0. The van der Waals surface area contributed by atoms with Crippen molar-refractivity contribution in [3.8, 4) is 5.75 Å². The van der Waals surface area contributed by atoms with Gasteiger partial charge in [0.05, 0.1) is 6.20 Å². The van der Waals surface area contributed by atoms with Crippen molar-refractivity contribution in [2.24, 2.45) is 0 Å². The van der Waals surface area contributed by atoms with Gasteiger partial charge in [0, 0.05) is 20.1 Å². The van der Waals surface area contributed by atoms with E-state index in [1.165, 1.54) is 0 Å². The molecular formula is C24H22F3N5O2. The van der Waals surface area contributed by atoms with Gasteiger partial charge in [-0.2, -0.15) is 4.98 Å². The summed E-state index contributed by atoms with van der Waals surface area (Å²) in [5.74, 6) is -2.18. The fourth-order valence-electron chi connectivity index (χ4n) is 4.26. The number of fused-ring (bicyclic) bond motifs is 3. The molecule has 0 spiro atoms. The number of carbonyl (C=O) groups is 1. The third kappa shape index (κ3) is 4.11. The monoisotopic (exact) mass is 469 g/mol. The molecule has 0 bridgehead atoms. The molecule has 0 saturated carbocycles. The van der Waals surface area contributed by atoms with Crippen molar-refractivity contribution in [1.29, 1.82) is 0 Å². The summed E-state index contributed by atoms with van der Waals surface area (Å²) in [6, 6.07) is 8.81. The van der Waals surface area contributed by atoms with Crippen LogP contribution in [0.3, 0.4) is 0 Å². The van der Waals surface area contributed by atoms with Crippen molar-refractivity contribution in [2.75, 3.05) is 28.7 Å². The van der Waals surface area contributed by atoms with Crippen molar-refractivity contribution in [2.45, 2.75) is 32.0 Å². The Balaban J connectivity index is 1.21. The van der Waals surface area contributed by atoms with Crippen LogP contribution in [-0.2, 0) is 17.9 Å². The minimum Gasteiger partial charge on any atom is -0.489 e. The standard InChI is InChI=1S/C24H22F3N5O2/c1-31-20-12-29-24(30-22(20)32-8-2-3-19(32)23(31)33)28-11-14-4-6-16(7-5-14)34-13-15-9-17(25)21(27)18(26)10-15/h4-7,9-10,12,19H,2-3,8,11,13H2,1H3,(H,28,29,30)/t19-/m0/s1. The van der Waals surface area contributed by atoms with Gasteiger partial charge in [-0.1, -0.05) is 12.1 Å². The second kappa shape index (κ2) is 8.85. The van der Waals surface area contributed by atoms with Gasteiger partial charge in [-0.05, 0) is 48.2 Å². The molecule has 1 fully saturated rings. The lowest BCUT2D eigenvalue weighted by Crippen LogP contribution is -2.49. The van der Waals surface area contributed by atoms with E-state index in [0.717, 1.165) is 42.9 Å². The number of halogens is 3. The molecule has 2 aliphatic rings. The van der Waals surface area contributed by atoms with Crippen molar-refractivity contribution in [3.05, 3.63) is 71.2 Å². The third-order valence-electron chi connectivity index (χ3n) is 6.07. The molecule has 3 aromatic rings. The van der Waals surface area contributed by atoms with Gasteiger partial charge >= 0.3 is 0 Å². The topological polar surface area (TPSA) is 70.6 Å². The maximum Gasteiger partial charge on any atom is 0.249 e. The first-order valence-corrected chi connectivity index (χ1v) is 10.9. The van der Waals surface area contributed by atoms with E-state index >= 15 is 0 Å². The van der Waals surface area contributed by atoms with E-state index in [0.29, 0.717) is 23.9 Å². The predicted octanol–water partition coefficient (Wildman–Crippen LogP) is 4.03. The van der Waals surface area contributed by atoms with Crippen molar-refractivity contribution < 1.29 is 22.7 Å². The summed E-state index contributed by atoms with van der Waals surface area (Å²) in [6.07, 6.45) is 3.44. The fourth-order valence-corrected chi connectivity index (χ4v) is 4.26. The van der Waals surface area contributed by atoms with E-state index in [1.54, 1.807) is 30.3 Å². The van der Waals surface area contributed by atoms with Gasteiger partial charge in [0.25, 0.3) is 0 Å². The third-order valence-corrected chi connectivity index (χ3v) is 6.07. The van der Waals surface area contributed by atoms with E-state index in [2.05, 4.69) is 20.2 Å². The van der Waals surface area contributed by atoms with Gasteiger partial charge in [-0.3, -0.25) is 4.79 Å². The highest BCUT2D eigenvalue weighted by molar-refractivity contribution is 6.04. The highest BCUT2D eigenvalue weighted by Gasteiger charge is 2.40. The molecular weight excluding hydrogens is 447 g/mol. The molecule has 0 radical (unpaired) electrons. The molecule has 34 heavy (non-hydrogen) atoms. The minimum absolute atomic E-state index is 0.0753. The Morgan fingerprint density at radius 2 is 1.85 bits per heavy atom. The Labute approximate surface area is 194 Å². The van der Waals surface area contributed by atoms with E-state index < -0.39 is 17.5 Å². The first-order valence-electron chi connectivity index (χ1n) is 10.9. The smallest absolute Gasteiger partial charge is 0.249 e. The van der Waals surface area contributed by atoms with Gasteiger partial charge in [0.1, 0.15) is 24.1 Å². The molecule has 1 aromatic heterocycles. The summed E-state index contributed by atoms with van der Waals surface area (Å²) in [5, 5.41) is 3.20. The van der Waals surface area contributed by atoms with Crippen molar-refractivity contribution in [1.82, 2.24) is 9.97 Å². The summed E-state index contributed by atoms with van der Waals surface area (Å²) in [6.45, 7) is 1.17. The zero-order valence-electron chi connectivity index (χ0n) is 18.4. The highest BCUT2D eigenvalue weighted by Crippen LogP contribution is 2.37. The number of nitrogens with one attached hydrogen (secondary N) is 1. The number of rotatable bonds is 6. The SMILES string of the molecule is CN1C(=O)[C@@H]2CCCN2c2nc(NCc3ccc(OCc4cc(F)c(F)c(F)c4)cc3)ncc21. The summed E-state index contributed by atoms with van der Waals surface area (Å²) < 4.78 is 45.3. The number of anilines is 3.